The molecule has 2 heteroatoms. The zero-order valence-electron chi connectivity index (χ0n) is 4.21. The maximum atomic E-state index is 5.30. The number of alkyl halides is 1. The molecule has 0 aliphatic carbocycles. The van der Waals surface area contributed by atoms with Crippen molar-refractivity contribution in [3.05, 3.63) is 0 Å². The van der Waals surface area contributed by atoms with Crippen LogP contribution in [0.3, 0.4) is 0 Å². The van der Waals surface area contributed by atoms with Crippen LogP contribution in [-0.4, -0.2) is 29.8 Å². The van der Waals surface area contributed by atoms with E-state index in [1.54, 1.807) is 0 Å². The summed E-state index contributed by atoms with van der Waals surface area (Å²) in [4.78, 5) is 0. The second-order valence-corrected chi connectivity index (χ2v) is 1.42. The van der Waals surface area contributed by atoms with Gasteiger partial charge in [0.15, 0.2) is 0 Å². The van der Waals surface area contributed by atoms with Crippen LogP contribution in [0.1, 0.15) is 19.8 Å². The maximum absolute atomic E-state index is 5.30. The molecular formula is C4H11ClSn. The predicted molar refractivity (Wildman–Crippen MR) is 34.2 cm³/mol. The zero-order valence-corrected chi connectivity index (χ0v) is 9.00. The van der Waals surface area contributed by atoms with Gasteiger partial charge in [-0.15, -0.1) is 11.6 Å². The van der Waals surface area contributed by atoms with Gasteiger partial charge in [0.25, 0.3) is 0 Å². The van der Waals surface area contributed by atoms with E-state index in [9.17, 15) is 0 Å². The summed E-state index contributed by atoms with van der Waals surface area (Å²) >= 11 is 5.30. The number of hydrogen-bond donors (Lipinski definition) is 0. The summed E-state index contributed by atoms with van der Waals surface area (Å²) in [6.45, 7) is 2.13. The molecule has 0 aromatic carbocycles. The molecule has 6 heavy (non-hydrogen) atoms. The molecule has 0 spiro atoms. The Morgan fingerprint density at radius 3 is 2.00 bits per heavy atom. The minimum absolute atomic E-state index is 0. The van der Waals surface area contributed by atoms with E-state index in [1.165, 1.54) is 6.42 Å². The molecule has 0 nitrogen and oxygen atoms in total. The second-order valence-electron chi connectivity index (χ2n) is 1.04. The van der Waals surface area contributed by atoms with E-state index < -0.39 is 0 Å². The topological polar surface area (TPSA) is 0 Å². The Morgan fingerprint density at radius 2 is 2.00 bits per heavy atom. The Bertz CT molecular complexity index is 15.0. The van der Waals surface area contributed by atoms with Gasteiger partial charge in [0.05, 0.1) is 0 Å². The molecule has 0 rings (SSSR count). The Morgan fingerprint density at radius 1 is 1.50 bits per heavy atom. The van der Waals surface area contributed by atoms with Crippen molar-refractivity contribution in [3.8, 4) is 0 Å². The molecule has 0 bridgehead atoms. The molecule has 2 radical (unpaired) electrons. The predicted octanol–water partition coefficient (Wildman–Crippen LogP) is 1.11. The number of halogens is 1. The normalized spacial score (nSPS) is 7.00. The monoisotopic (exact) mass is 214 g/mol. The third-order valence-corrected chi connectivity index (χ3v) is 0.754. The average Bonchev–Trinajstić information content (AvgIpc) is 1.41. The summed E-state index contributed by atoms with van der Waals surface area (Å²) in [5.41, 5.74) is 0. The fourth-order valence-corrected chi connectivity index (χ4v) is 0.401. The first-order valence-corrected chi connectivity index (χ1v) is 2.51. The van der Waals surface area contributed by atoms with Crippen LogP contribution in [-0.2, 0) is 0 Å². The van der Waals surface area contributed by atoms with Crippen molar-refractivity contribution in [2.24, 2.45) is 0 Å². The first-order chi connectivity index (χ1) is 2.41. The molecular weight excluding hydrogens is 202 g/mol. The van der Waals surface area contributed by atoms with Crippen molar-refractivity contribution >= 4 is 35.5 Å². The van der Waals surface area contributed by atoms with Gasteiger partial charge in [0.1, 0.15) is 0 Å². The van der Waals surface area contributed by atoms with Crippen molar-refractivity contribution in [1.82, 2.24) is 0 Å². The van der Waals surface area contributed by atoms with Crippen LogP contribution in [0.25, 0.3) is 0 Å². The van der Waals surface area contributed by atoms with Gasteiger partial charge < -0.3 is 0 Å². The molecule has 0 aromatic rings. The van der Waals surface area contributed by atoms with E-state index in [2.05, 4.69) is 6.92 Å². The third-order valence-electron chi connectivity index (χ3n) is 0.487. The summed E-state index contributed by atoms with van der Waals surface area (Å²) in [6.07, 6.45) is 2.37. The van der Waals surface area contributed by atoms with E-state index in [0.717, 1.165) is 12.3 Å². The standard InChI is InChI=1S/C4H9Cl.Sn.2H/c1-2-3-4-5;;;/h2-4H2,1H3;;;. The summed E-state index contributed by atoms with van der Waals surface area (Å²) in [5.74, 6) is 0.816. The summed E-state index contributed by atoms with van der Waals surface area (Å²) < 4.78 is 0. The third kappa shape index (κ3) is 8.92. The average molecular weight is 213 g/mol. The number of unbranched alkanes of at least 4 members (excludes halogenated alkanes) is 1. The SMILES string of the molecule is CCCCCl.[SnH2]. The Labute approximate surface area is 61.2 Å². The Hall–Kier alpha value is 1.09. The van der Waals surface area contributed by atoms with Gasteiger partial charge in [0.2, 0.25) is 0 Å². The molecule has 0 unspecified atom stereocenters. The molecule has 0 aliphatic rings. The fraction of sp³-hybridized carbons (Fsp3) is 1.00. The van der Waals surface area contributed by atoms with Gasteiger partial charge in [-0.2, -0.15) is 0 Å². The van der Waals surface area contributed by atoms with Gasteiger partial charge in [-0.1, -0.05) is 13.3 Å². The van der Waals surface area contributed by atoms with Crippen LogP contribution in [0.2, 0.25) is 0 Å². The Balaban J connectivity index is 0. The molecule has 0 amide bonds. The van der Waals surface area contributed by atoms with Crippen LogP contribution >= 0.6 is 11.6 Å². The van der Waals surface area contributed by atoms with Gasteiger partial charge >= 0.3 is 23.9 Å². The number of rotatable bonds is 2. The van der Waals surface area contributed by atoms with Crippen molar-refractivity contribution < 1.29 is 0 Å². The summed E-state index contributed by atoms with van der Waals surface area (Å²) in [7, 11) is 0. The van der Waals surface area contributed by atoms with Crippen LogP contribution < -0.4 is 0 Å². The van der Waals surface area contributed by atoms with Crippen LogP contribution in [0.15, 0.2) is 0 Å². The quantitative estimate of drug-likeness (QED) is 0.476. The molecule has 0 saturated heterocycles. The van der Waals surface area contributed by atoms with E-state index in [4.69, 9.17) is 11.6 Å². The van der Waals surface area contributed by atoms with E-state index in [0.29, 0.717) is 0 Å². The van der Waals surface area contributed by atoms with Crippen molar-refractivity contribution in [3.63, 3.8) is 0 Å². The molecule has 0 N–H and O–H groups in total. The van der Waals surface area contributed by atoms with Crippen molar-refractivity contribution in [2.45, 2.75) is 19.8 Å². The van der Waals surface area contributed by atoms with Gasteiger partial charge in [-0.3, -0.25) is 0 Å². The second kappa shape index (κ2) is 9.43. The van der Waals surface area contributed by atoms with Gasteiger partial charge in [0, 0.05) is 5.88 Å². The molecule has 38 valence electrons. The Kier molecular flexibility index (Phi) is 16.0. The van der Waals surface area contributed by atoms with Crippen molar-refractivity contribution in [1.29, 1.82) is 0 Å². The van der Waals surface area contributed by atoms with E-state index in [-0.39, 0.29) is 23.9 Å². The summed E-state index contributed by atoms with van der Waals surface area (Å²) in [6, 6.07) is 0. The molecule has 0 saturated carbocycles. The molecule has 0 heterocycles. The van der Waals surface area contributed by atoms with Gasteiger partial charge in [-0.05, 0) is 6.42 Å². The summed E-state index contributed by atoms with van der Waals surface area (Å²) in [5, 5.41) is 0. The van der Waals surface area contributed by atoms with Crippen LogP contribution in [0.5, 0.6) is 0 Å². The van der Waals surface area contributed by atoms with E-state index >= 15 is 0 Å². The molecule has 0 aromatic heterocycles. The van der Waals surface area contributed by atoms with Crippen LogP contribution in [0, 0.1) is 0 Å². The minimum atomic E-state index is 0. The first-order valence-electron chi connectivity index (χ1n) is 1.97. The molecule has 0 aliphatic heterocycles. The van der Waals surface area contributed by atoms with E-state index in [1.807, 2.05) is 0 Å². The van der Waals surface area contributed by atoms with Gasteiger partial charge in [-0.25, -0.2) is 0 Å². The number of hydrogen-bond acceptors (Lipinski definition) is 0. The fourth-order valence-electron chi connectivity index (χ4n) is 0.134. The molecule has 0 fully saturated rings. The first kappa shape index (κ1) is 10.1. The van der Waals surface area contributed by atoms with Crippen LogP contribution in [0.4, 0.5) is 0 Å². The van der Waals surface area contributed by atoms with Crippen molar-refractivity contribution in [2.75, 3.05) is 5.88 Å². The molecule has 0 atom stereocenters. The zero-order chi connectivity index (χ0) is 4.12.